The number of para-hydroxylation sites is 1. The first-order chi connectivity index (χ1) is 15.6. The molecular formula is C25H34N2O5. The Kier molecular flexibility index (Phi) is 8.62. The summed E-state index contributed by atoms with van der Waals surface area (Å²) in [5.41, 5.74) is 1.59. The van der Waals surface area contributed by atoms with Gasteiger partial charge in [-0.15, -0.1) is 0 Å². The summed E-state index contributed by atoms with van der Waals surface area (Å²) in [6.07, 6.45) is 3.46. The highest BCUT2D eigenvalue weighted by Crippen LogP contribution is 2.39. The van der Waals surface area contributed by atoms with Crippen LogP contribution >= 0.6 is 0 Å². The van der Waals surface area contributed by atoms with E-state index in [-0.39, 0.29) is 12.0 Å². The van der Waals surface area contributed by atoms with Gasteiger partial charge in [-0.2, -0.15) is 0 Å². The van der Waals surface area contributed by atoms with Gasteiger partial charge in [-0.05, 0) is 31.0 Å². The van der Waals surface area contributed by atoms with E-state index in [0.717, 1.165) is 44.6 Å². The van der Waals surface area contributed by atoms with Crippen LogP contribution < -0.4 is 24.3 Å². The highest BCUT2D eigenvalue weighted by Gasteiger charge is 2.23. The van der Waals surface area contributed by atoms with Crippen molar-refractivity contribution in [1.82, 2.24) is 10.2 Å². The van der Waals surface area contributed by atoms with Gasteiger partial charge in [0.15, 0.2) is 11.5 Å². The van der Waals surface area contributed by atoms with E-state index >= 15 is 0 Å². The molecule has 3 rings (SSSR count). The fourth-order valence-corrected chi connectivity index (χ4v) is 4.01. The Labute approximate surface area is 190 Å². The van der Waals surface area contributed by atoms with Crippen LogP contribution in [0, 0.1) is 0 Å². The second-order valence-corrected chi connectivity index (χ2v) is 7.86. The number of nitrogens with zero attached hydrogens (tertiary/aromatic N) is 1. The van der Waals surface area contributed by atoms with Crippen LogP contribution in [0.15, 0.2) is 36.4 Å². The Hall–Kier alpha value is -2.93. The monoisotopic (exact) mass is 442 g/mol. The molecule has 0 spiro atoms. The number of ether oxygens (including phenoxy) is 4. The van der Waals surface area contributed by atoms with Crippen LogP contribution in [-0.2, 0) is 6.54 Å². The standard InChI is InChI=1S/C25H34N2O5/c1-5-6-10-19-17-27(16-18-9-7-8-11-21(18)32-19)15-14-26-25(28)20-12-13-22(29-2)24(31-4)23(20)30-3/h7-9,11-13,19H,5-6,10,14-17H2,1-4H3,(H,26,28). The number of rotatable bonds is 10. The van der Waals surface area contributed by atoms with Crippen LogP contribution in [0.2, 0.25) is 0 Å². The lowest BCUT2D eigenvalue weighted by atomic mass is 10.1. The molecule has 1 atom stereocenters. The average molecular weight is 443 g/mol. The second kappa shape index (κ2) is 11.6. The molecule has 32 heavy (non-hydrogen) atoms. The summed E-state index contributed by atoms with van der Waals surface area (Å²) in [5, 5.41) is 3.01. The number of nitrogens with one attached hydrogen (secondary N) is 1. The summed E-state index contributed by atoms with van der Waals surface area (Å²) in [6.45, 7) is 5.07. The molecule has 0 saturated heterocycles. The van der Waals surface area contributed by atoms with Gasteiger partial charge in [0.25, 0.3) is 5.91 Å². The molecule has 7 nitrogen and oxygen atoms in total. The lowest BCUT2D eigenvalue weighted by Gasteiger charge is -2.24. The van der Waals surface area contributed by atoms with Crippen molar-refractivity contribution in [3.8, 4) is 23.0 Å². The molecule has 1 unspecified atom stereocenters. The van der Waals surface area contributed by atoms with E-state index in [1.54, 1.807) is 19.2 Å². The number of fused-ring (bicyclic) bond motifs is 1. The molecule has 1 heterocycles. The minimum Gasteiger partial charge on any atom is -0.493 e. The normalized spacial score (nSPS) is 15.8. The number of carbonyl (C=O) groups excluding carboxylic acids is 1. The molecule has 1 aliphatic heterocycles. The van der Waals surface area contributed by atoms with Gasteiger partial charge in [0.2, 0.25) is 5.75 Å². The summed E-state index contributed by atoms with van der Waals surface area (Å²) in [6, 6.07) is 11.6. The fourth-order valence-electron chi connectivity index (χ4n) is 4.01. The number of benzene rings is 2. The van der Waals surface area contributed by atoms with Gasteiger partial charge < -0.3 is 24.3 Å². The van der Waals surface area contributed by atoms with Gasteiger partial charge in [-0.3, -0.25) is 9.69 Å². The van der Waals surface area contributed by atoms with E-state index in [0.29, 0.717) is 29.4 Å². The Morgan fingerprint density at radius 2 is 1.88 bits per heavy atom. The third-order valence-corrected chi connectivity index (χ3v) is 5.66. The third-order valence-electron chi connectivity index (χ3n) is 5.66. The zero-order valence-electron chi connectivity index (χ0n) is 19.5. The van der Waals surface area contributed by atoms with Crippen molar-refractivity contribution < 1.29 is 23.7 Å². The van der Waals surface area contributed by atoms with Gasteiger partial charge in [0, 0.05) is 31.7 Å². The Bertz CT molecular complexity index is 902. The van der Waals surface area contributed by atoms with Crippen LogP contribution in [-0.4, -0.2) is 57.9 Å². The lowest BCUT2D eigenvalue weighted by molar-refractivity contribution is 0.0938. The molecule has 0 fully saturated rings. The first-order valence-corrected chi connectivity index (χ1v) is 11.1. The summed E-state index contributed by atoms with van der Waals surface area (Å²) in [4.78, 5) is 15.2. The largest absolute Gasteiger partial charge is 0.493 e. The van der Waals surface area contributed by atoms with Gasteiger partial charge in [-0.1, -0.05) is 31.5 Å². The Balaban J connectivity index is 1.65. The van der Waals surface area contributed by atoms with Gasteiger partial charge in [0.1, 0.15) is 11.9 Å². The highest BCUT2D eigenvalue weighted by molar-refractivity contribution is 5.98. The van der Waals surface area contributed by atoms with Crippen molar-refractivity contribution in [3.63, 3.8) is 0 Å². The van der Waals surface area contributed by atoms with E-state index in [9.17, 15) is 4.79 Å². The zero-order valence-corrected chi connectivity index (χ0v) is 19.5. The molecule has 0 aliphatic carbocycles. The van der Waals surface area contributed by atoms with E-state index < -0.39 is 0 Å². The van der Waals surface area contributed by atoms with Crippen LogP contribution in [0.25, 0.3) is 0 Å². The van der Waals surface area contributed by atoms with Crippen molar-refractivity contribution in [2.75, 3.05) is 41.0 Å². The molecule has 1 amide bonds. The second-order valence-electron chi connectivity index (χ2n) is 7.86. The molecule has 0 aromatic heterocycles. The van der Waals surface area contributed by atoms with Gasteiger partial charge in [0.05, 0.1) is 26.9 Å². The van der Waals surface area contributed by atoms with Crippen molar-refractivity contribution in [1.29, 1.82) is 0 Å². The minimum atomic E-state index is -0.211. The van der Waals surface area contributed by atoms with E-state index in [1.165, 1.54) is 19.8 Å². The van der Waals surface area contributed by atoms with Gasteiger partial charge in [-0.25, -0.2) is 0 Å². The van der Waals surface area contributed by atoms with E-state index in [1.807, 2.05) is 18.2 Å². The lowest BCUT2D eigenvalue weighted by Crippen LogP contribution is -2.38. The molecule has 1 aliphatic rings. The average Bonchev–Trinajstić information content (AvgIpc) is 3.00. The molecule has 2 aromatic rings. The number of carbonyl (C=O) groups is 1. The number of unbranched alkanes of at least 4 members (excludes halogenated alkanes) is 1. The summed E-state index contributed by atoms with van der Waals surface area (Å²) in [5.74, 6) is 2.04. The smallest absolute Gasteiger partial charge is 0.255 e. The molecule has 174 valence electrons. The Morgan fingerprint density at radius 3 is 2.59 bits per heavy atom. The maximum absolute atomic E-state index is 12.9. The summed E-state index contributed by atoms with van der Waals surface area (Å²) >= 11 is 0. The van der Waals surface area contributed by atoms with Crippen LogP contribution in [0.5, 0.6) is 23.0 Å². The van der Waals surface area contributed by atoms with E-state index in [2.05, 4.69) is 23.2 Å². The summed E-state index contributed by atoms with van der Waals surface area (Å²) < 4.78 is 22.4. The molecule has 1 N–H and O–H groups in total. The molecule has 2 aromatic carbocycles. The molecule has 0 bridgehead atoms. The molecule has 0 saturated carbocycles. The number of hydrogen-bond donors (Lipinski definition) is 1. The minimum absolute atomic E-state index is 0.153. The summed E-state index contributed by atoms with van der Waals surface area (Å²) in [7, 11) is 4.59. The van der Waals surface area contributed by atoms with Gasteiger partial charge >= 0.3 is 0 Å². The van der Waals surface area contributed by atoms with Crippen molar-refractivity contribution in [2.24, 2.45) is 0 Å². The predicted octanol–water partition coefficient (Wildman–Crippen LogP) is 3.90. The van der Waals surface area contributed by atoms with Crippen molar-refractivity contribution >= 4 is 5.91 Å². The zero-order chi connectivity index (χ0) is 22.9. The predicted molar refractivity (Wildman–Crippen MR) is 124 cm³/mol. The third kappa shape index (κ3) is 5.65. The number of amides is 1. The Morgan fingerprint density at radius 1 is 1.09 bits per heavy atom. The van der Waals surface area contributed by atoms with Crippen LogP contribution in [0.4, 0.5) is 0 Å². The van der Waals surface area contributed by atoms with Crippen LogP contribution in [0.1, 0.15) is 42.1 Å². The fraction of sp³-hybridized carbons (Fsp3) is 0.480. The number of hydrogen-bond acceptors (Lipinski definition) is 6. The SMILES string of the molecule is CCCCC1CN(CCNC(=O)c2ccc(OC)c(OC)c2OC)Cc2ccccc2O1. The topological polar surface area (TPSA) is 69.3 Å². The van der Waals surface area contributed by atoms with Crippen molar-refractivity contribution in [3.05, 3.63) is 47.5 Å². The highest BCUT2D eigenvalue weighted by atomic mass is 16.5. The van der Waals surface area contributed by atoms with Crippen LogP contribution in [0.3, 0.4) is 0 Å². The first kappa shape index (κ1) is 23.7. The molecular weight excluding hydrogens is 408 g/mol. The first-order valence-electron chi connectivity index (χ1n) is 11.1. The molecule has 7 heteroatoms. The number of methoxy groups -OCH3 is 3. The maximum Gasteiger partial charge on any atom is 0.255 e. The quantitative estimate of drug-likeness (QED) is 0.602. The maximum atomic E-state index is 12.9. The van der Waals surface area contributed by atoms with E-state index in [4.69, 9.17) is 18.9 Å². The van der Waals surface area contributed by atoms with Crippen molar-refractivity contribution in [2.45, 2.75) is 38.8 Å². The molecule has 0 radical (unpaired) electrons.